The topological polar surface area (TPSA) is 193 Å². The van der Waals surface area contributed by atoms with Gasteiger partial charge in [-0.05, 0) is 72.5 Å². The maximum Gasteiger partial charge on any atom is 0.308 e. The number of nitrogens with zero attached hydrogens (tertiary/aromatic N) is 4. The molecule has 0 spiro atoms. The third kappa shape index (κ3) is 11.8. The van der Waals surface area contributed by atoms with Gasteiger partial charge in [0.05, 0.1) is 6.42 Å². The fourth-order valence-corrected chi connectivity index (χ4v) is 5.54. The van der Waals surface area contributed by atoms with E-state index in [9.17, 15) is 32.8 Å². The lowest BCUT2D eigenvalue weighted by Gasteiger charge is -2.27. The molecule has 3 amide bonds. The van der Waals surface area contributed by atoms with Gasteiger partial charge in [0.1, 0.15) is 37.1 Å². The second-order valence-corrected chi connectivity index (χ2v) is 14.0. The van der Waals surface area contributed by atoms with Crippen molar-refractivity contribution in [3.05, 3.63) is 83.7 Å². The van der Waals surface area contributed by atoms with E-state index in [1.165, 1.54) is 11.8 Å². The molecular weight excluding hydrogens is 720 g/mol. The molecule has 0 unspecified atom stereocenters. The zero-order valence-corrected chi connectivity index (χ0v) is 31.4. The Kier molecular flexibility index (Phi) is 14.4. The highest BCUT2D eigenvalue weighted by molar-refractivity contribution is 6.08. The summed E-state index contributed by atoms with van der Waals surface area (Å²) in [5, 5.41) is 20.9. The highest BCUT2D eigenvalue weighted by atomic mass is 19.1. The van der Waals surface area contributed by atoms with Gasteiger partial charge in [-0.1, -0.05) is 56.3 Å². The van der Waals surface area contributed by atoms with Gasteiger partial charge in [-0.15, -0.1) is 5.10 Å². The molecule has 4 aromatic rings. The van der Waals surface area contributed by atoms with E-state index in [2.05, 4.69) is 31.5 Å². The van der Waals surface area contributed by atoms with Gasteiger partial charge in [-0.2, -0.15) is 0 Å². The molecule has 0 aliphatic rings. The van der Waals surface area contributed by atoms with Gasteiger partial charge in [0.2, 0.25) is 11.8 Å². The second-order valence-electron chi connectivity index (χ2n) is 14.0. The van der Waals surface area contributed by atoms with E-state index in [4.69, 9.17) is 14.2 Å². The van der Waals surface area contributed by atoms with Crippen LogP contribution in [0.5, 0.6) is 5.75 Å². The predicted octanol–water partition coefficient (Wildman–Crippen LogP) is 3.45. The molecule has 0 aliphatic carbocycles. The van der Waals surface area contributed by atoms with Crippen LogP contribution in [0.4, 0.5) is 8.78 Å². The Labute approximate surface area is 316 Å². The number of para-hydroxylation sites is 1. The van der Waals surface area contributed by atoms with E-state index in [-0.39, 0.29) is 19.6 Å². The number of ether oxygens (including phenoxy) is 3. The van der Waals surface area contributed by atoms with Crippen LogP contribution in [0.3, 0.4) is 0 Å². The first kappa shape index (κ1) is 41.9. The normalized spacial score (nSPS) is 13.1. The fourth-order valence-electron chi connectivity index (χ4n) is 5.54. The largest absolute Gasteiger partial charge is 0.480 e. The van der Waals surface area contributed by atoms with Crippen molar-refractivity contribution in [3.63, 3.8) is 0 Å². The van der Waals surface area contributed by atoms with E-state index in [0.717, 1.165) is 23.6 Å². The van der Waals surface area contributed by atoms with Crippen LogP contribution in [-0.2, 0) is 41.8 Å². The number of amides is 3. The van der Waals surface area contributed by atoms with Crippen LogP contribution in [0.25, 0.3) is 10.8 Å². The van der Waals surface area contributed by atoms with E-state index in [0.29, 0.717) is 16.8 Å². The van der Waals surface area contributed by atoms with Gasteiger partial charge in [-0.25, -0.2) is 13.5 Å². The SMILES string of the molecule is COCn1nnnc1CC[C@H](NC(=O)c1cccc2ccccc12)C(=O)N[C@H](C(=O)N[C@@H](CC(=O)OC(C)(C)C)C(=O)COc1c(F)cccc1F)C(C)C. The molecule has 0 bridgehead atoms. The van der Waals surface area contributed by atoms with Crippen LogP contribution in [-0.4, -0.2) is 87.1 Å². The van der Waals surface area contributed by atoms with Crippen molar-refractivity contribution < 1.29 is 47.0 Å². The first-order valence-corrected chi connectivity index (χ1v) is 17.5. The quantitative estimate of drug-likeness (QED) is 0.126. The minimum Gasteiger partial charge on any atom is -0.480 e. The van der Waals surface area contributed by atoms with E-state index in [1.54, 1.807) is 58.9 Å². The molecule has 55 heavy (non-hydrogen) atoms. The molecule has 3 atom stereocenters. The smallest absolute Gasteiger partial charge is 0.308 e. The number of methoxy groups -OCH3 is 1. The Balaban J connectivity index is 1.56. The first-order valence-electron chi connectivity index (χ1n) is 17.5. The number of fused-ring (bicyclic) bond motifs is 1. The number of hydrogen-bond acceptors (Lipinski definition) is 11. The van der Waals surface area contributed by atoms with Gasteiger partial charge in [0, 0.05) is 19.1 Å². The molecule has 3 aromatic carbocycles. The average molecular weight is 766 g/mol. The third-order valence-electron chi connectivity index (χ3n) is 8.19. The number of aryl methyl sites for hydroxylation is 1. The molecule has 0 saturated heterocycles. The maximum absolute atomic E-state index is 14.2. The number of halogens is 2. The number of carbonyl (C=O) groups is 5. The van der Waals surface area contributed by atoms with Crippen LogP contribution in [0, 0.1) is 17.6 Å². The summed E-state index contributed by atoms with van der Waals surface area (Å²) in [7, 11) is 1.46. The van der Waals surface area contributed by atoms with E-state index < -0.39 is 89.5 Å². The van der Waals surface area contributed by atoms with Gasteiger partial charge >= 0.3 is 5.97 Å². The monoisotopic (exact) mass is 765 g/mol. The summed E-state index contributed by atoms with van der Waals surface area (Å²) < 4.78 is 45.4. The van der Waals surface area contributed by atoms with Crippen LogP contribution in [0.15, 0.2) is 60.7 Å². The van der Waals surface area contributed by atoms with Crippen LogP contribution < -0.4 is 20.7 Å². The number of esters is 1. The Morgan fingerprint density at radius 3 is 2.20 bits per heavy atom. The molecule has 0 fully saturated rings. The van der Waals surface area contributed by atoms with Gasteiger partial charge in [0.15, 0.2) is 29.0 Å². The van der Waals surface area contributed by atoms with Crippen molar-refractivity contribution in [1.82, 2.24) is 36.2 Å². The summed E-state index contributed by atoms with van der Waals surface area (Å²) in [4.78, 5) is 67.8. The molecule has 1 heterocycles. The van der Waals surface area contributed by atoms with Crippen LogP contribution in [0.1, 0.15) is 63.6 Å². The predicted molar refractivity (Wildman–Crippen MR) is 194 cm³/mol. The number of carbonyl (C=O) groups excluding carboxylic acids is 5. The molecule has 3 N–H and O–H groups in total. The Bertz CT molecular complexity index is 1970. The van der Waals surface area contributed by atoms with E-state index >= 15 is 0 Å². The Hall–Kier alpha value is -5.84. The van der Waals surface area contributed by atoms with Crippen molar-refractivity contribution >= 4 is 40.2 Å². The number of tetrazole rings is 1. The summed E-state index contributed by atoms with van der Waals surface area (Å²) in [5.74, 6) is -7.00. The number of hydrogen-bond donors (Lipinski definition) is 3. The summed E-state index contributed by atoms with van der Waals surface area (Å²) in [6, 6.07) is 11.4. The number of Topliss-reactive ketones (excluding diaryl/α,β-unsaturated/α-hetero) is 1. The highest BCUT2D eigenvalue weighted by Gasteiger charge is 2.34. The molecule has 0 aliphatic heterocycles. The fraction of sp³-hybridized carbons (Fsp3) is 0.421. The second kappa shape index (κ2) is 19.0. The minimum atomic E-state index is -1.57. The maximum atomic E-state index is 14.2. The lowest BCUT2D eigenvalue weighted by molar-refractivity contribution is -0.156. The van der Waals surface area contributed by atoms with Crippen molar-refractivity contribution in [2.75, 3.05) is 13.7 Å². The number of benzene rings is 3. The molecule has 294 valence electrons. The Morgan fingerprint density at radius 2 is 1.53 bits per heavy atom. The number of rotatable bonds is 18. The summed E-state index contributed by atoms with van der Waals surface area (Å²) in [6.45, 7) is 7.26. The lowest BCUT2D eigenvalue weighted by atomic mass is 10.00. The molecule has 15 nitrogen and oxygen atoms in total. The van der Waals surface area contributed by atoms with Crippen molar-refractivity contribution in [1.29, 1.82) is 0 Å². The van der Waals surface area contributed by atoms with Crippen LogP contribution >= 0.6 is 0 Å². The van der Waals surface area contributed by atoms with Gasteiger partial charge in [-0.3, -0.25) is 24.0 Å². The summed E-state index contributed by atoms with van der Waals surface area (Å²) in [5.41, 5.74) is -0.618. The number of aromatic nitrogens is 4. The average Bonchev–Trinajstić information content (AvgIpc) is 3.57. The van der Waals surface area contributed by atoms with Crippen molar-refractivity contribution in [2.24, 2.45) is 5.92 Å². The van der Waals surface area contributed by atoms with Crippen molar-refractivity contribution in [3.8, 4) is 5.75 Å². The zero-order chi connectivity index (χ0) is 40.3. The molecule has 1 aromatic heterocycles. The first-order chi connectivity index (χ1) is 26.1. The zero-order valence-electron chi connectivity index (χ0n) is 31.4. The molecule has 4 rings (SSSR count). The summed E-state index contributed by atoms with van der Waals surface area (Å²) >= 11 is 0. The van der Waals surface area contributed by atoms with Crippen LogP contribution in [0.2, 0.25) is 0 Å². The minimum absolute atomic E-state index is 0.00254. The Morgan fingerprint density at radius 1 is 0.855 bits per heavy atom. The van der Waals surface area contributed by atoms with Crippen molar-refractivity contribution in [2.45, 2.75) is 84.3 Å². The number of ketones is 1. The molecule has 0 radical (unpaired) electrons. The highest BCUT2D eigenvalue weighted by Crippen LogP contribution is 2.22. The van der Waals surface area contributed by atoms with Gasteiger partial charge < -0.3 is 30.2 Å². The lowest BCUT2D eigenvalue weighted by Crippen LogP contribution is -2.58. The number of nitrogens with one attached hydrogen (secondary N) is 3. The van der Waals surface area contributed by atoms with Gasteiger partial charge in [0.25, 0.3) is 5.91 Å². The molecular formula is C38H45F2N7O8. The molecule has 0 saturated carbocycles. The third-order valence-corrected chi connectivity index (χ3v) is 8.19. The standard InChI is InChI=1S/C38H45F2N7O8/c1-22(2)33(37(52)42-29(19-32(49)55-38(3,4)5)30(48)20-54-34-26(39)15-10-16-27(34)40)43-36(51)28(17-18-31-44-45-46-47(31)21-53-6)41-35(50)25-14-9-12-23-11-7-8-13-24(23)25/h7-16,22,28-29,33H,17-21H2,1-6H3,(H,41,50)(H,42,52)(H,43,51)/t28-,29-,33-/m0/s1. The summed E-state index contributed by atoms with van der Waals surface area (Å²) in [6.07, 6.45) is -0.524. The molecule has 17 heteroatoms. The van der Waals surface area contributed by atoms with E-state index in [1.807, 2.05) is 18.2 Å².